The number of carbonyl (C=O) groups is 2. The molecule has 146 valence electrons. The van der Waals surface area contributed by atoms with Crippen molar-refractivity contribution >= 4 is 29.6 Å². The van der Waals surface area contributed by atoms with Gasteiger partial charge in [-0.3, -0.25) is 9.59 Å². The molecule has 2 aromatic carbocycles. The van der Waals surface area contributed by atoms with E-state index >= 15 is 0 Å². The second kappa shape index (κ2) is 7.16. The summed E-state index contributed by atoms with van der Waals surface area (Å²) < 4.78 is 5.77. The fourth-order valence-electron chi connectivity index (χ4n) is 4.52. The average molecular weight is 407 g/mol. The number of hydrazone groups is 1. The standard InChI is InChI=1S/C23H19ClN2O3/c24-18-7-1-15(2-8-18)13-29-19-9-3-14(4-10-19)12-25-26-22(27)20-16-5-6-17(11-16)21(20)23(26)28/h1-10,12,16-17,20-21H,11,13H2/b25-12-/t16-,17-,20+,21+/m0/s1. The second-order valence-electron chi connectivity index (χ2n) is 7.72. The van der Waals surface area contributed by atoms with Gasteiger partial charge in [-0.2, -0.15) is 10.1 Å². The van der Waals surface area contributed by atoms with Crippen LogP contribution in [0, 0.1) is 23.7 Å². The van der Waals surface area contributed by atoms with Crippen molar-refractivity contribution in [1.82, 2.24) is 5.01 Å². The van der Waals surface area contributed by atoms with E-state index in [9.17, 15) is 9.59 Å². The number of fused-ring (bicyclic) bond motifs is 5. The van der Waals surface area contributed by atoms with Gasteiger partial charge in [0.2, 0.25) is 0 Å². The first kappa shape index (κ1) is 18.1. The fraction of sp³-hybridized carbons (Fsp3) is 0.261. The van der Waals surface area contributed by atoms with Crippen LogP contribution in [0.4, 0.5) is 0 Å². The molecule has 1 saturated heterocycles. The van der Waals surface area contributed by atoms with Crippen LogP contribution < -0.4 is 4.74 Å². The summed E-state index contributed by atoms with van der Waals surface area (Å²) in [4.78, 5) is 25.3. The number of halogens is 1. The molecular formula is C23H19ClN2O3. The van der Waals surface area contributed by atoms with Gasteiger partial charge < -0.3 is 4.74 Å². The zero-order chi connectivity index (χ0) is 20.0. The van der Waals surface area contributed by atoms with E-state index in [-0.39, 0.29) is 35.5 Å². The Balaban J connectivity index is 1.22. The highest BCUT2D eigenvalue weighted by Gasteiger charge is 2.59. The predicted molar refractivity (Wildman–Crippen MR) is 109 cm³/mol. The molecule has 0 N–H and O–H groups in total. The molecular weight excluding hydrogens is 388 g/mol. The summed E-state index contributed by atoms with van der Waals surface area (Å²) in [5, 5.41) is 5.95. The average Bonchev–Trinajstić information content (AvgIpc) is 3.41. The molecule has 29 heavy (non-hydrogen) atoms. The van der Waals surface area contributed by atoms with Gasteiger partial charge in [-0.15, -0.1) is 0 Å². The minimum Gasteiger partial charge on any atom is -0.489 e. The van der Waals surface area contributed by atoms with Gasteiger partial charge in [0.05, 0.1) is 18.1 Å². The Labute approximate surface area is 173 Å². The molecule has 2 fully saturated rings. The highest BCUT2D eigenvalue weighted by atomic mass is 35.5. The third-order valence-corrected chi connectivity index (χ3v) is 6.22. The van der Waals surface area contributed by atoms with Crippen LogP contribution in [-0.4, -0.2) is 23.0 Å². The number of rotatable bonds is 5. The van der Waals surface area contributed by atoms with Crippen molar-refractivity contribution < 1.29 is 14.3 Å². The lowest BCUT2D eigenvalue weighted by Crippen LogP contribution is -2.28. The number of benzene rings is 2. The van der Waals surface area contributed by atoms with E-state index < -0.39 is 0 Å². The lowest BCUT2D eigenvalue weighted by molar-refractivity contribution is -0.140. The van der Waals surface area contributed by atoms with Gasteiger partial charge in [-0.25, -0.2) is 0 Å². The van der Waals surface area contributed by atoms with Crippen molar-refractivity contribution in [3.63, 3.8) is 0 Å². The van der Waals surface area contributed by atoms with E-state index in [1.165, 1.54) is 0 Å². The zero-order valence-corrected chi connectivity index (χ0v) is 16.3. The molecule has 5 rings (SSSR count). The zero-order valence-electron chi connectivity index (χ0n) is 15.6. The fourth-order valence-corrected chi connectivity index (χ4v) is 4.65. The second-order valence-corrected chi connectivity index (χ2v) is 8.15. The Morgan fingerprint density at radius 1 is 0.966 bits per heavy atom. The first-order chi connectivity index (χ1) is 14.1. The van der Waals surface area contributed by atoms with Gasteiger partial charge in [0, 0.05) is 5.02 Å². The number of hydrogen-bond acceptors (Lipinski definition) is 4. The maximum Gasteiger partial charge on any atom is 0.254 e. The number of imide groups is 1. The van der Waals surface area contributed by atoms with Crippen molar-refractivity contribution in [2.24, 2.45) is 28.8 Å². The first-order valence-electron chi connectivity index (χ1n) is 9.67. The van der Waals surface area contributed by atoms with Gasteiger partial charge in [0.25, 0.3) is 11.8 Å². The maximum atomic E-state index is 12.6. The number of amides is 2. The van der Waals surface area contributed by atoms with Crippen molar-refractivity contribution in [2.75, 3.05) is 0 Å². The maximum absolute atomic E-state index is 12.6. The predicted octanol–water partition coefficient (Wildman–Crippen LogP) is 4.06. The van der Waals surface area contributed by atoms with Gasteiger partial charge in [-0.1, -0.05) is 35.9 Å². The highest BCUT2D eigenvalue weighted by molar-refractivity contribution is 6.30. The van der Waals surface area contributed by atoms with Crippen LogP contribution in [0.3, 0.4) is 0 Å². The minimum atomic E-state index is -0.224. The summed E-state index contributed by atoms with van der Waals surface area (Å²) in [6.45, 7) is 0.445. The number of ether oxygens (including phenoxy) is 1. The minimum absolute atomic E-state index is 0.170. The van der Waals surface area contributed by atoms with Crippen LogP contribution in [0.25, 0.3) is 0 Å². The Bertz CT molecular complexity index is 983. The molecule has 2 aromatic rings. The molecule has 0 aromatic heterocycles. The van der Waals surface area contributed by atoms with Crippen molar-refractivity contribution in [3.05, 3.63) is 76.8 Å². The summed E-state index contributed by atoms with van der Waals surface area (Å²) in [6, 6.07) is 14.9. The normalized spacial score (nSPS) is 27.3. The molecule has 3 aliphatic rings. The van der Waals surface area contributed by atoms with Crippen molar-refractivity contribution in [2.45, 2.75) is 13.0 Å². The number of carbonyl (C=O) groups excluding carboxylic acids is 2. The lowest BCUT2D eigenvalue weighted by atomic mass is 9.85. The molecule has 0 unspecified atom stereocenters. The number of nitrogens with zero attached hydrogens (tertiary/aromatic N) is 2. The van der Waals surface area contributed by atoms with Gasteiger partial charge in [0.1, 0.15) is 12.4 Å². The smallest absolute Gasteiger partial charge is 0.254 e. The molecule has 1 saturated carbocycles. The number of allylic oxidation sites excluding steroid dienone is 2. The quantitative estimate of drug-likeness (QED) is 0.427. The van der Waals surface area contributed by atoms with Crippen molar-refractivity contribution in [1.29, 1.82) is 0 Å². The Hall–Kier alpha value is -2.92. The summed E-state index contributed by atoms with van der Waals surface area (Å²) in [5.41, 5.74) is 1.82. The van der Waals surface area contributed by atoms with Crippen molar-refractivity contribution in [3.8, 4) is 5.75 Å². The molecule has 6 heteroatoms. The van der Waals surface area contributed by atoms with Gasteiger partial charge in [-0.05, 0) is 65.8 Å². The first-order valence-corrected chi connectivity index (χ1v) is 10.1. The van der Waals surface area contributed by atoms with E-state index in [0.717, 1.165) is 28.3 Å². The monoisotopic (exact) mass is 406 g/mol. The molecule has 0 spiro atoms. The molecule has 1 heterocycles. The number of hydrogen-bond donors (Lipinski definition) is 0. The molecule has 2 aliphatic carbocycles. The summed E-state index contributed by atoms with van der Waals surface area (Å²) in [7, 11) is 0. The van der Waals surface area contributed by atoms with Crippen LogP contribution in [-0.2, 0) is 16.2 Å². The van der Waals surface area contributed by atoms with Crippen LogP contribution in [0.15, 0.2) is 65.8 Å². The molecule has 2 amide bonds. The van der Waals surface area contributed by atoms with E-state index in [1.807, 2.05) is 48.5 Å². The Morgan fingerprint density at radius 3 is 2.21 bits per heavy atom. The van der Waals surface area contributed by atoms with Crippen LogP contribution in [0.1, 0.15) is 17.5 Å². The van der Waals surface area contributed by atoms with E-state index in [4.69, 9.17) is 16.3 Å². The van der Waals surface area contributed by atoms with E-state index in [0.29, 0.717) is 11.6 Å². The largest absolute Gasteiger partial charge is 0.489 e. The topological polar surface area (TPSA) is 59.0 Å². The van der Waals surface area contributed by atoms with Crippen LogP contribution in [0.2, 0.25) is 5.02 Å². The Morgan fingerprint density at radius 2 is 1.59 bits per heavy atom. The summed E-state index contributed by atoms with van der Waals surface area (Å²) in [5.74, 6) is 0.323. The van der Waals surface area contributed by atoms with E-state index in [2.05, 4.69) is 17.3 Å². The molecule has 0 radical (unpaired) electrons. The van der Waals surface area contributed by atoms with Gasteiger partial charge >= 0.3 is 0 Å². The highest BCUT2D eigenvalue weighted by Crippen LogP contribution is 2.52. The molecule has 5 nitrogen and oxygen atoms in total. The summed E-state index contributed by atoms with van der Waals surface area (Å²) in [6.07, 6.45) is 6.62. The molecule has 2 bridgehead atoms. The summed E-state index contributed by atoms with van der Waals surface area (Å²) >= 11 is 5.88. The third kappa shape index (κ3) is 3.25. The SMILES string of the molecule is O=C1[C@H]2[C@H](C(=O)N1/N=C\c1ccc(OCc3ccc(Cl)cc3)cc1)[C@H]1C=C[C@H]2C1. The third-order valence-electron chi connectivity index (χ3n) is 5.97. The van der Waals surface area contributed by atoms with Crippen LogP contribution >= 0.6 is 11.6 Å². The lowest BCUT2D eigenvalue weighted by Gasteiger charge is -2.13. The molecule has 4 atom stereocenters. The van der Waals surface area contributed by atoms with Gasteiger partial charge in [0.15, 0.2) is 0 Å². The Kier molecular flexibility index (Phi) is 4.47. The van der Waals surface area contributed by atoms with Crippen LogP contribution in [0.5, 0.6) is 5.75 Å². The van der Waals surface area contributed by atoms with E-state index in [1.54, 1.807) is 6.21 Å². The molecule has 1 aliphatic heterocycles.